The molecule has 0 radical (unpaired) electrons. The van der Waals surface area contributed by atoms with Gasteiger partial charge in [-0.15, -0.1) is 0 Å². The van der Waals surface area contributed by atoms with Gasteiger partial charge in [-0.3, -0.25) is 4.90 Å². The number of hydrogen-bond donors (Lipinski definition) is 2. The normalized spacial score (nSPS) is 18.0. The summed E-state index contributed by atoms with van der Waals surface area (Å²) in [5.41, 5.74) is 2.85. The molecule has 3 heteroatoms. The lowest BCUT2D eigenvalue weighted by Gasteiger charge is -2.35. The summed E-state index contributed by atoms with van der Waals surface area (Å²) in [6, 6.07) is 8.59. The van der Waals surface area contributed by atoms with E-state index in [0.717, 1.165) is 32.7 Å². The molecule has 2 heterocycles. The highest BCUT2D eigenvalue weighted by Crippen LogP contribution is 2.31. The lowest BCUT2D eigenvalue weighted by Crippen LogP contribution is -2.47. The Hall–Kier alpha value is -1.32. The standard InChI is InChI=1S/C16H23N3/c1-16(2,12-19-9-7-17-8-10-19)14-11-18-15-6-4-3-5-13(14)15/h3-6,11,17-18H,7-10,12H2,1-2H3. The molecule has 3 nitrogen and oxygen atoms in total. The van der Waals surface area contributed by atoms with E-state index in [1.54, 1.807) is 0 Å². The number of nitrogens with zero attached hydrogens (tertiary/aromatic N) is 1. The Balaban J connectivity index is 1.86. The highest BCUT2D eigenvalue weighted by molar-refractivity contribution is 5.84. The lowest BCUT2D eigenvalue weighted by molar-refractivity contribution is 0.200. The smallest absolute Gasteiger partial charge is 0.0457 e. The van der Waals surface area contributed by atoms with Crippen molar-refractivity contribution >= 4 is 10.9 Å². The third kappa shape index (κ3) is 2.53. The van der Waals surface area contributed by atoms with Gasteiger partial charge >= 0.3 is 0 Å². The Morgan fingerprint density at radius 3 is 2.68 bits per heavy atom. The van der Waals surface area contributed by atoms with Crippen molar-refractivity contribution in [3.8, 4) is 0 Å². The predicted molar refractivity (Wildman–Crippen MR) is 80.6 cm³/mol. The molecule has 0 spiro atoms. The summed E-state index contributed by atoms with van der Waals surface area (Å²) in [5.74, 6) is 0. The molecular formula is C16H23N3. The van der Waals surface area contributed by atoms with E-state index in [9.17, 15) is 0 Å². The van der Waals surface area contributed by atoms with Crippen LogP contribution in [0.2, 0.25) is 0 Å². The molecule has 2 aromatic rings. The van der Waals surface area contributed by atoms with E-state index in [1.807, 2.05) is 0 Å². The van der Waals surface area contributed by atoms with Crippen LogP contribution in [0.4, 0.5) is 0 Å². The minimum Gasteiger partial charge on any atom is -0.361 e. The number of piperazine rings is 1. The zero-order chi connectivity index (χ0) is 13.3. The van der Waals surface area contributed by atoms with Gasteiger partial charge in [0.25, 0.3) is 0 Å². The average molecular weight is 257 g/mol. The molecule has 0 aliphatic carbocycles. The summed E-state index contributed by atoms with van der Waals surface area (Å²) in [6.07, 6.45) is 2.19. The SMILES string of the molecule is CC(C)(CN1CCNCC1)c1c[nH]c2ccccc12. The van der Waals surface area contributed by atoms with Gasteiger partial charge < -0.3 is 10.3 Å². The number of para-hydroxylation sites is 1. The number of aromatic amines is 1. The molecule has 1 aromatic carbocycles. The number of hydrogen-bond acceptors (Lipinski definition) is 2. The molecule has 0 unspecified atom stereocenters. The first-order valence-corrected chi connectivity index (χ1v) is 7.16. The van der Waals surface area contributed by atoms with Crippen LogP contribution < -0.4 is 5.32 Å². The topological polar surface area (TPSA) is 31.1 Å². The minimum absolute atomic E-state index is 0.178. The van der Waals surface area contributed by atoms with Crippen LogP contribution in [0.3, 0.4) is 0 Å². The Kier molecular flexibility index (Phi) is 3.33. The molecule has 2 N–H and O–H groups in total. The third-order valence-electron chi connectivity index (χ3n) is 4.15. The first-order valence-electron chi connectivity index (χ1n) is 7.16. The average Bonchev–Trinajstić information content (AvgIpc) is 2.84. The fourth-order valence-electron chi connectivity index (χ4n) is 3.14. The van der Waals surface area contributed by atoms with E-state index in [-0.39, 0.29) is 5.41 Å². The van der Waals surface area contributed by atoms with E-state index in [1.165, 1.54) is 16.5 Å². The Bertz CT molecular complexity index is 550. The van der Waals surface area contributed by atoms with Crippen molar-refractivity contribution in [1.29, 1.82) is 0 Å². The molecule has 0 bridgehead atoms. The largest absolute Gasteiger partial charge is 0.361 e. The van der Waals surface area contributed by atoms with E-state index in [4.69, 9.17) is 0 Å². The maximum Gasteiger partial charge on any atom is 0.0457 e. The van der Waals surface area contributed by atoms with Gasteiger partial charge in [0.1, 0.15) is 0 Å². The molecule has 102 valence electrons. The van der Waals surface area contributed by atoms with Crippen molar-refractivity contribution in [3.05, 3.63) is 36.0 Å². The molecule has 1 aliphatic rings. The molecule has 0 amide bonds. The number of H-pyrrole nitrogens is 1. The van der Waals surface area contributed by atoms with Crippen molar-refractivity contribution in [2.45, 2.75) is 19.3 Å². The predicted octanol–water partition coefficient (Wildman–Crippen LogP) is 2.35. The Labute approximate surface area is 115 Å². The van der Waals surface area contributed by atoms with Crippen LogP contribution in [0.15, 0.2) is 30.5 Å². The fourth-order valence-corrected chi connectivity index (χ4v) is 3.14. The van der Waals surface area contributed by atoms with Crippen molar-refractivity contribution in [2.75, 3.05) is 32.7 Å². The van der Waals surface area contributed by atoms with Crippen LogP contribution in [-0.2, 0) is 5.41 Å². The monoisotopic (exact) mass is 257 g/mol. The number of fused-ring (bicyclic) bond motifs is 1. The van der Waals surface area contributed by atoms with Gasteiger partial charge in [0.05, 0.1) is 0 Å². The molecule has 1 fully saturated rings. The van der Waals surface area contributed by atoms with Gasteiger partial charge in [-0.05, 0) is 11.6 Å². The second-order valence-corrected chi connectivity index (χ2v) is 6.16. The first kappa shape index (κ1) is 12.7. The number of aromatic nitrogens is 1. The number of nitrogens with one attached hydrogen (secondary N) is 2. The molecule has 1 aliphatic heterocycles. The van der Waals surface area contributed by atoms with E-state index in [0.29, 0.717) is 0 Å². The van der Waals surface area contributed by atoms with Crippen LogP contribution in [0, 0.1) is 0 Å². The third-order valence-corrected chi connectivity index (χ3v) is 4.15. The zero-order valence-corrected chi connectivity index (χ0v) is 11.9. The van der Waals surface area contributed by atoms with Crippen molar-refractivity contribution < 1.29 is 0 Å². The molecule has 0 atom stereocenters. The van der Waals surface area contributed by atoms with Crippen molar-refractivity contribution in [3.63, 3.8) is 0 Å². The van der Waals surface area contributed by atoms with Gasteiger partial charge in [0.15, 0.2) is 0 Å². The first-order chi connectivity index (χ1) is 9.17. The second-order valence-electron chi connectivity index (χ2n) is 6.16. The Morgan fingerprint density at radius 2 is 1.89 bits per heavy atom. The molecular weight excluding hydrogens is 234 g/mol. The molecule has 19 heavy (non-hydrogen) atoms. The fraction of sp³-hybridized carbons (Fsp3) is 0.500. The summed E-state index contributed by atoms with van der Waals surface area (Å²) >= 11 is 0. The molecule has 1 aromatic heterocycles. The highest BCUT2D eigenvalue weighted by atomic mass is 15.2. The summed E-state index contributed by atoms with van der Waals surface area (Å²) in [4.78, 5) is 5.97. The maximum absolute atomic E-state index is 3.42. The maximum atomic E-state index is 3.42. The zero-order valence-electron chi connectivity index (χ0n) is 11.9. The van der Waals surface area contributed by atoms with Crippen molar-refractivity contribution in [1.82, 2.24) is 15.2 Å². The second kappa shape index (κ2) is 4.99. The van der Waals surface area contributed by atoms with Gasteiger partial charge in [-0.25, -0.2) is 0 Å². The van der Waals surface area contributed by atoms with Gasteiger partial charge in [0, 0.05) is 55.2 Å². The molecule has 1 saturated heterocycles. The highest BCUT2D eigenvalue weighted by Gasteiger charge is 2.27. The lowest BCUT2D eigenvalue weighted by atomic mass is 9.83. The summed E-state index contributed by atoms with van der Waals surface area (Å²) < 4.78 is 0. The van der Waals surface area contributed by atoms with Gasteiger partial charge in [-0.1, -0.05) is 32.0 Å². The van der Waals surface area contributed by atoms with Gasteiger partial charge in [-0.2, -0.15) is 0 Å². The van der Waals surface area contributed by atoms with Crippen LogP contribution in [0.25, 0.3) is 10.9 Å². The van der Waals surface area contributed by atoms with Crippen LogP contribution in [-0.4, -0.2) is 42.6 Å². The van der Waals surface area contributed by atoms with Crippen LogP contribution in [0.1, 0.15) is 19.4 Å². The van der Waals surface area contributed by atoms with E-state index in [2.05, 4.69) is 59.5 Å². The molecule has 0 saturated carbocycles. The quantitative estimate of drug-likeness (QED) is 0.884. The Morgan fingerprint density at radius 1 is 1.16 bits per heavy atom. The summed E-state index contributed by atoms with van der Waals surface area (Å²) in [7, 11) is 0. The van der Waals surface area contributed by atoms with Crippen molar-refractivity contribution in [2.24, 2.45) is 0 Å². The summed E-state index contributed by atoms with van der Waals surface area (Å²) in [5, 5.41) is 4.78. The van der Waals surface area contributed by atoms with Crippen LogP contribution >= 0.6 is 0 Å². The molecule has 3 rings (SSSR count). The van der Waals surface area contributed by atoms with Gasteiger partial charge in [0.2, 0.25) is 0 Å². The summed E-state index contributed by atoms with van der Waals surface area (Å²) in [6.45, 7) is 10.4. The van der Waals surface area contributed by atoms with Crippen LogP contribution in [0.5, 0.6) is 0 Å². The number of rotatable bonds is 3. The minimum atomic E-state index is 0.178. The van der Waals surface area contributed by atoms with E-state index >= 15 is 0 Å². The number of benzene rings is 1. The van der Waals surface area contributed by atoms with E-state index < -0.39 is 0 Å².